The number of carbonyl (C=O) groups is 1. The van der Waals surface area contributed by atoms with E-state index in [4.69, 9.17) is 0 Å². The van der Waals surface area contributed by atoms with Crippen molar-refractivity contribution >= 4 is 23.1 Å². The quantitative estimate of drug-likeness (QED) is 0.752. The van der Waals surface area contributed by atoms with Gasteiger partial charge in [0.25, 0.3) is 0 Å². The Bertz CT molecular complexity index is 882. The van der Waals surface area contributed by atoms with Crippen molar-refractivity contribution in [3.05, 3.63) is 30.4 Å². The van der Waals surface area contributed by atoms with Crippen LogP contribution in [0.5, 0.6) is 0 Å². The Morgan fingerprint density at radius 3 is 2.96 bits per heavy atom. The molecule has 0 spiro atoms. The predicted molar refractivity (Wildman–Crippen MR) is 83.1 cm³/mol. The Hall–Kier alpha value is -2.97. The molecular weight excluding hydrogens is 296 g/mol. The normalized spacial score (nSPS) is 18.1. The average molecular weight is 312 g/mol. The summed E-state index contributed by atoms with van der Waals surface area (Å²) >= 11 is 0. The maximum atomic E-state index is 12.6. The number of hydrogen-bond acceptors (Lipinski definition) is 6. The SMILES string of the molecule is Cc1nnc2ccc(NC3CCN(c4cnn(C)c4)C3=O)nn12. The topological polar surface area (TPSA) is 93.2 Å². The first kappa shape index (κ1) is 13.7. The van der Waals surface area contributed by atoms with E-state index in [1.165, 1.54) is 0 Å². The number of fused-ring (bicyclic) bond motifs is 1. The Kier molecular flexibility index (Phi) is 3.00. The molecule has 1 N–H and O–H groups in total. The first-order valence-electron chi connectivity index (χ1n) is 7.37. The molecule has 1 aliphatic rings. The fraction of sp³-hybridized carbons (Fsp3) is 0.357. The molecule has 9 nitrogen and oxygen atoms in total. The number of carbonyl (C=O) groups excluding carboxylic acids is 1. The summed E-state index contributed by atoms with van der Waals surface area (Å²) in [6.07, 6.45) is 4.25. The van der Waals surface area contributed by atoms with Crippen molar-refractivity contribution in [3.8, 4) is 0 Å². The maximum absolute atomic E-state index is 12.6. The molecule has 1 unspecified atom stereocenters. The monoisotopic (exact) mass is 312 g/mol. The van der Waals surface area contributed by atoms with Gasteiger partial charge in [0.1, 0.15) is 11.9 Å². The van der Waals surface area contributed by atoms with Crippen LogP contribution in [-0.2, 0) is 11.8 Å². The van der Waals surface area contributed by atoms with Gasteiger partial charge in [-0.3, -0.25) is 9.48 Å². The van der Waals surface area contributed by atoms with Crippen LogP contribution in [0.1, 0.15) is 12.2 Å². The van der Waals surface area contributed by atoms with Gasteiger partial charge in [-0.2, -0.15) is 9.61 Å². The molecule has 1 amide bonds. The minimum Gasteiger partial charge on any atom is -0.357 e. The highest BCUT2D eigenvalue weighted by Gasteiger charge is 2.33. The summed E-state index contributed by atoms with van der Waals surface area (Å²) in [5.41, 5.74) is 1.50. The molecule has 1 atom stereocenters. The standard InChI is InChI=1S/C14H16N8O/c1-9-17-18-13-4-3-12(19-22(9)13)16-11-5-6-21(14(11)23)10-7-15-20(2)8-10/h3-4,7-8,11H,5-6H2,1-2H3,(H,16,19). The number of aromatic nitrogens is 6. The Balaban J connectivity index is 1.54. The van der Waals surface area contributed by atoms with Gasteiger partial charge in [-0.15, -0.1) is 15.3 Å². The fourth-order valence-electron chi connectivity index (χ4n) is 2.77. The van der Waals surface area contributed by atoms with Crippen molar-refractivity contribution in [3.63, 3.8) is 0 Å². The van der Waals surface area contributed by atoms with Crippen LogP contribution in [0, 0.1) is 6.92 Å². The van der Waals surface area contributed by atoms with E-state index in [2.05, 4.69) is 25.7 Å². The molecule has 1 fully saturated rings. The molecule has 9 heteroatoms. The molecule has 118 valence electrons. The molecule has 1 saturated heterocycles. The summed E-state index contributed by atoms with van der Waals surface area (Å²) in [6.45, 7) is 2.50. The molecule has 0 bridgehead atoms. The first-order chi connectivity index (χ1) is 11.1. The van der Waals surface area contributed by atoms with E-state index in [0.717, 1.165) is 5.69 Å². The van der Waals surface area contributed by atoms with E-state index in [1.807, 2.05) is 32.3 Å². The fourth-order valence-corrected chi connectivity index (χ4v) is 2.77. The molecule has 4 heterocycles. The zero-order valence-electron chi connectivity index (χ0n) is 12.8. The van der Waals surface area contributed by atoms with Gasteiger partial charge in [-0.05, 0) is 25.5 Å². The lowest BCUT2D eigenvalue weighted by atomic mass is 10.2. The molecule has 0 saturated carbocycles. The van der Waals surface area contributed by atoms with Crippen LogP contribution in [0.4, 0.5) is 11.5 Å². The molecule has 0 aromatic carbocycles. The lowest BCUT2D eigenvalue weighted by Crippen LogP contribution is -2.33. The summed E-state index contributed by atoms with van der Waals surface area (Å²) in [7, 11) is 1.83. The largest absolute Gasteiger partial charge is 0.357 e. The van der Waals surface area contributed by atoms with Gasteiger partial charge < -0.3 is 10.2 Å². The minimum atomic E-state index is -0.294. The molecular formula is C14H16N8O. The van der Waals surface area contributed by atoms with Crippen molar-refractivity contribution in [2.45, 2.75) is 19.4 Å². The predicted octanol–water partition coefficient (Wildman–Crippen LogP) is 0.384. The highest BCUT2D eigenvalue weighted by Crippen LogP contribution is 2.22. The molecule has 0 radical (unpaired) electrons. The number of rotatable bonds is 3. The zero-order chi connectivity index (χ0) is 16.0. The zero-order valence-corrected chi connectivity index (χ0v) is 12.8. The van der Waals surface area contributed by atoms with Crippen LogP contribution < -0.4 is 10.2 Å². The summed E-state index contributed by atoms with van der Waals surface area (Å²) in [6, 6.07) is 3.34. The van der Waals surface area contributed by atoms with Crippen molar-refractivity contribution in [2.75, 3.05) is 16.8 Å². The van der Waals surface area contributed by atoms with Crippen molar-refractivity contribution in [1.82, 2.24) is 29.6 Å². The number of nitrogens with one attached hydrogen (secondary N) is 1. The van der Waals surface area contributed by atoms with Crippen LogP contribution in [0.3, 0.4) is 0 Å². The minimum absolute atomic E-state index is 0.0281. The average Bonchev–Trinajstić information content (AvgIpc) is 3.22. The van der Waals surface area contributed by atoms with Crippen LogP contribution in [0.2, 0.25) is 0 Å². The van der Waals surface area contributed by atoms with E-state index in [-0.39, 0.29) is 11.9 Å². The van der Waals surface area contributed by atoms with Gasteiger partial charge in [0.2, 0.25) is 5.91 Å². The van der Waals surface area contributed by atoms with E-state index < -0.39 is 0 Å². The lowest BCUT2D eigenvalue weighted by molar-refractivity contribution is -0.117. The van der Waals surface area contributed by atoms with Gasteiger partial charge in [-0.25, -0.2) is 0 Å². The van der Waals surface area contributed by atoms with Crippen LogP contribution in [0.15, 0.2) is 24.5 Å². The molecule has 1 aliphatic heterocycles. The van der Waals surface area contributed by atoms with E-state index in [9.17, 15) is 4.79 Å². The molecule has 3 aromatic rings. The van der Waals surface area contributed by atoms with Crippen molar-refractivity contribution < 1.29 is 4.79 Å². The smallest absolute Gasteiger partial charge is 0.249 e. The third-order valence-electron chi connectivity index (χ3n) is 3.95. The van der Waals surface area contributed by atoms with Gasteiger partial charge in [0, 0.05) is 19.8 Å². The first-order valence-corrected chi connectivity index (χ1v) is 7.37. The highest BCUT2D eigenvalue weighted by atomic mass is 16.2. The van der Waals surface area contributed by atoms with Gasteiger partial charge in [0.05, 0.1) is 11.9 Å². The Morgan fingerprint density at radius 2 is 2.17 bits per heavy atom. The van der Waals surface area contributed by atoms with E-state index in [1.54, 1.807) is 20.3 Å². The lowest BCUT2D eigenvalue weighted by Gasteiger charge is -2.15. The van der Waals surface area contributed by atoms with Crippen LogP contribution in [0.25, 0.3) is 5.65 Å². The second kappa shape index (κ2) is 5.04. The third-order valence-corrected chi connectivity index (χ3v) is 3.95. The highest BCUT2D eigenvalue weighted by molar-refractivity contribution is 6.00. The van der Waals surface area contributed by atoms with Gasteiger partial charge >= 0.3 is 0 Å². The number of hydrogen-bond donors (Lipinski definition) is 1. The number of nitrogens with zero attached hydrogens (tertiary/aromatic N) is 7. The molecule has 4 rings (SSSR count). The number of anilines is 2. The Morgan fingerprint density at radius 1 is 1.30 bits per heavy atom. The third kappa shape index (κ3) is 2.30. The maximum Gasteiger partial charge on any atom is 0.249 e. The Labute approximate surface area is 131 Å². The van der Waals surface area contributed by atoms with E-state index >= 15 is 0 Å². The van der Waals surface area contributed by atoms with Crippen molar-refractivity contribution in [2.24, 2.45) is 7.05 Å². The number of amides is 1. The summed E-state index contributed by atoms with van der Waals surface area (Å²) in [4.78, 5) is 14.3. The van der Waals surface area contributed by atoms with E-state index in [0.29, 0.717) is 30.3 Å². The number of aryl methyl sites for hydroxylation is 2. The molecule has 0 aliphatic carbocycles. The van der Waals surface area contributed by atoms with Crippen LogP contribution >= 0.6 is 0 Å². The summed E-state index contributed by atoms with van der Waals surface area (Å²) < 4.78 is 3.34. The summed E-state index contributed by atoms with van der Waals surface area (Å²) in [5, 5.41) is 19.7. The van der Waals surface area contributed by atoms with Gasteiger partial charge in [-0.1, -0.05) is 0 Å². The summed E-state index contributed by atoms with van der Waals surface area (Å²) in [5.74, 6) is 1.37. The second-order valence-electron chi connectivity index (χ2n) is 5.58. The van der Waals surface area contributed by atoms with Gasteiger partial charge in [0.15, 0.2) is 11.5 Å². The van der Waals surface area contributed by atoms with Crippen LogP contribution in [-0.4, -0.2) is 48.1 Å². The molecule has 3 aromatic heterocycles. The van der Waals surface area contributed by atoms with Crippen molar-refractivity contribution in [1.29, 1.82) is 0 Å². The molecule has 23 heavy (non-hydrogen) atoms. The second-order valence-corrected chi connectivity index (χ2v) is 5.58.